The van der Waals surface area contributed by atoms with Crippen LogP contribution in [0.1, 0.15) is 157 Å². The highest BCUT2D eigenvalue weighted by molar-refractivity contribution is 6.33. The Kier molecular flexibility index (Phi) is 31.8. The highest BCUT2D eigenvalue weighted by Crippen LogP contribution is 2.34. The van der Waals surface area contributed by atoms with Gasteiger partial charge in [-0.05, 0) is 154 Å². The number of aliphatic hydroxyl groups is 2. The molecule has 0 aromatic carbocycles. The second-order valence-electron chi connectivity index (χ2n) is 33.3. The fourth-order valence-corrected chi connectivity index (χ4v) is 13.2. The third kappa shape index (κ3) is 26.9. The number of Topliss-reactive ketones (excluding diaryl/α,β-unsaturated/α-hetero) is 2. The number of pyridine rings is 6. The van der Waals surface area contributed by atoms with E-state index in [2.05, 4.69) is 60.3 Å². The fraction of sp³-hybridized carbons (Fsp3) is 0.476. The third-order valence-corrected chi connectivity index (χ3v) is 18.8. The van der Waals surface area contributed by atoms with E-state index < -0.39 is 95.1 Å². The second kappa shape index (κ2) is 41.3. The maximum atomic E-state index is 12.4. The van der Waals surface area contributed by atoms with Gasteiger partial charge in [0, 0.05) is 94.4 Å². The van der Waals surface area contributed by atoms with Gasteiger partial charge in [-0.2, -0.15) is 0 Å². The van der Waals surface area contributed by atoms with Gasteiger partial charge in [0.25, 0.3) is 11.8 Å². The molecule has 42 heteroatoms. The first-order chi connectivity index (χ1) is 59.0. The van der Waals surface area contributed by atoms with Crippen molar-refractivity contribution in [2.24, 2.45) is 0 Å². The normalized spacial score (nSPS) is 18.5. The molecule has 0 bridgehead atoms. The molecule has 12 aromatic heterocycles. The number of oxazole rings is 3. The molecular formula is C84H102Cl2N16O24. The van der Waals surface area contributed by atoms with Gasteiger partial charge in [0.05, 0.1) is 85.3 Å². The number of carbonyl (C=O) groups excluding carboxylic acids is 6. The molecule has 40 nitrogen and oxygen atoms in total. The number of carboxylic acids is 2. The quantitative estimate of drug-likeness (QED) is 0.0810. The standard InChI is InChI=1S/2C18H23N3O5.2C10H17NO5.2C7H5ClN2O.2C7H6N2O/c1-10(22)14-8-12(9-21(14)17(23)26-18(3,4)5)25-16-15-13(6-7-19-16)20-11(2)24-15;1-10-13-6-7-19-16(15(13)26-20-10)24-12-8-14(11(2)22)21(9-12)17(23)25-18(3,4)5;2*1-10(2,3)16-9(15)11-5-6(12)4-7(11)8(13)14;1-4-10-5-2-3-9-7(8)6(5)11-4;1-4-5-2-3-9-7(8)6(5)11-10-4;1-5-9-6-2-3-8-4-7(6)10-5;1-5-6-2-3-8-4-7(6)10-9-5/h2*6-7,12,14H,8-9H2,1-5H3;2*6-7,12H,4-5H2,1-3H3,(H,13,14);2*2-3H,1H3;2*2-4H,1H3/t2*12?,14-;2*6?,7-;;;;/m0000..../s1. The topological polar surface area (TPSA) is 519 Å². The van der Waals surface area contributed by atoms with Gasteiger partial charge < -0.3 is 75.7 Å². The smallest absolute Gasteiger partial charge is 0.411 e. The number of nitrogens with zero attached hydrogens (tertiary/aromatic N) is 16. The average molecular weight is 1790 g/mol. The number of hydrogen-bond donors (Lipinski definition) is 4. The van der Waals surface area contributed by atoms with Crippen LogP contribution in [0.4, 0.5) is 19.2 Å². The molecule has 4 aliphatic rings. The average Bonchev–Trinajstić information content (AvgIpc) is 1.65. The van der Waals surface area contributed by atoms with Gasteiger partial charge in [0.1, 0.15) is 63.2 Å². The van der Waals surface area contributed by atoms with Crippen LogP contribution in [0.25, 0.3) is 66.2 Å². The van der Waals surface area contributed by atoms with Crippen LogP contribution in [0.2, 0.25) is 10.3 Å². The van der Waals surface area contributed by atoms with Gasteiger partial charge in [-0.15, -0.1) is 0 Å². The predicted octanol–water partition coefficient (Wildman–Crippen LogP) is 14.1. The summed E-state index contributed by atoms with van der Waals surface area (Å²) in [6, 6.07) is 7.69. The molecule has 676 valence electrons. The predicted molar refractivity (Wildman–Crippen MR) is 452 cm³/mol. The van der Waals surface area contributed by atoms with Gasteiger partial charge in [-0.1, -0.05) is 38.7 Å². The van der Waals surface area contributed by atoms with Crippen LogP contribution in [-0.2, 0) is 38.1 Å². The number of aliphatic carboxylic acids is 2. The van der Waals surface area contributed by atoms with Crippen LogP contribution < -0.4 is 9.47 Å². The Morgan fingerprint density at radius 3 is 1.17 bits per heavy atom. The lowest BCUT2D eigenvalue weighted by Crippen LogP contribution is -2.43. The summed E-state index contributed by atoms with van der Waals surface area (Å²) in [6.45, 7) is 35.3. The first kappa shape index (κ1) is 97.0. The maximum absolute atomic E-state index is 12.4. The highest BCUT2D eigenvalue weighted by Gasteiger charge is 2.45. The largest absolute Gasteiger partial charge is 0.480 e. The molecule has 16 rings (SSSR count). The SMILES string of the molecule is CC(=O)[C@@H]1CC(Oc2nccc3c(C)noc23)CN1C(=O)OC(C)(C)C.CC(=O)[C@@H]1CC(Oc2nccc3nc(C)oc23)CN1C(=O)OC(C)(C)C.CC(C)(C)OC(=O)N1CC(O)C[C@H]1C(=O)O.CC(C)(C)OC(=O)N1CC(O)C[C@H]1C(=O)O.Cc1nc2ccnc(Cl)c2o1.Cc1nc2ccncc2o1.Cc1noc2c(Cl)nccc12.Cc1noc2cnccc12. The van der Waals surface area contributed by atoms with Crippen molar-refractivity contribution in [3.05, 3.63) is 131 Å². The summed E-state index contributed by atoms with van der Waals surface area (Å²) < 4.78 is 63.9. The van der Waals surface area contributed by atoms with Crippen LogP contribution >= 0.6 is 23.2 Å². The van der Waals surface area contributed by atoms with Gasteiger partial charge in [-0.3, -0.25) is 39.2 Å². The molecule has 4 saturated heterocycles. The van der Waals surface area contributed by atoms with E-state index in [1.54, 1.807) is 165 Å². The Morgan fingerprint density at radius 1 is 0.397 bits per heavy atom. The second-order valence-corrected chi connectivity index (χ2v) is 34.0. The van der Waals surface area contributed by atoms with E-state index in [0.29, 0.717) is 80.4 Å². The minimum Gasteiger partial charge on any atom is -0.480 e. The molecule has 0 spiro atoms. The van der Waals surface area contributed by atoms with E-state index in [4.69, 9.17) is 88.7 Å². The number of hydrogen-bond acceptors (Lipinski definition) is 34. The number of likely N-dealkylation sites (tertiary alicyclic amines) is 4. The minimum absolute atomic E-state index is 0.00583. The Hall–Kier alpha value is -12.8. The maximum Gasteiger partial charge on any atom is 0.411 e. The minimum atomic E-state index is -1.12. The molecule has 4 N–H and O–H groups in total. The van der Waals surface area contributed by atoms with E-state index >= 15 is 0 Å². The lowest BCUT2D eigenvalue weighted by Gasteiger charge is -2.27. The Bertz CT molecular complexity index is 5630. The monoisotopic (exact) mass is 1790 g/mol. The molecule has 4 aliphatic heterocycles. The highest BCUT2D eigenvalue weighted by atomic mass is 35.5. The number of aryl methyl sites for hydroxylation is 6. The zero-order valence-electron chi connectivity index (χ0n) is 73.2. The summed E-state index contributed by atoms with van der Waals surface area (Å²) in [5.41, 5.74) is 5.69. The number of ketones is 2. The summed E-state index contributed by atoms with van der Waals surface area (Å²) in [6.07, 6.45) is 9.23. The van der Waals surface area contributed by atoms with Gasteiger partial charge in [-0.25, -0.2) is 63.7 Å². The molecule has 4 amide bonds. The fourth-order valence-electron chi connectivity index (χ4n) is 12.8. The number of halogens is 2. The first-order valence-corrected chi connectivity index (χ1v) is 40.4. The molecule has 126 heavy (non-hydrogen) atoms. The van der Waals surface area contributed by atoms with Crippen molar-refractivity contribution in [3.63, 3.8) is 0 Å². The number of β-amino-alcohol motifs (C(OH)–C–C–N with tert-alkyl or cyclic N) is 2. The van der Waals surface area contributed by atoms with Crippen molar-refractivity contribution in [2.45, 2.75) is 235 Å². The van der Waals surface area contributed by atoms with E-state index in [9.17, 15) is 48.6 Å². The summed E-state index contributed by atoms with van der Waals surface area (Å²) >= 11 is 11.5. The van der Waals surface area contributed by atoms with Gasteiger partial charge in [0.2, 0.25) is 16.7 Å². The summed E-state index contributed by atoms with van der Waals surface area (Å²) in [5.74, 6) is -0.0425. The van der Waals surface area contributed by atoms with E-state index in [1.165, 1.54) is 23.6 Å². The van der Waals surface area contributed by atoms with Crippen molar-refractivity contribution in [3.8, 4) is 11.8 Å². The summed E-state index contributed by atoms with van der Waals surface area (Å²) in [4.78, 5) is 135. The third-order valence-electron chi connectivity index (χ3n) is 18.2. The number of ether oxygens (including phenoxy) is 6. The van der Waals surface area contributed by atoms with Crippen LogP contribution in [0, 0.1) is 41.5 Å². The number of amides is 4. The molecule has 0 saturated carbocycles. The van der Waals surface area contributed by atoms with Crippen LogP contribution in [-0.4, -0.2) is 245 Å². The number of carboxylic acid groups (broad SMARTS) is 2. The molecule has 8 atom stereocenters. The molecule has 16 heterocycles. The zero-order chi connectivity index (χ0) is 92.8. The van der Waals surface area contributed by atoms with E-state index in [1.807, 2.05) is 45.9 Å². The van der Waals surface area contributed by atoms with Crippen molar-refractivity contribution < 1.29 is 114 Å². The molecule has 12 aromatic rings. The van der Waals surface area contributed by atoms with E-state index in [0.717, 1.165) is 65.2 Å². The van der Waals surface area contributed by atoms with E-state index in [-0.39, 0.29) is 62.8 Å². The summed E-state index contributed by atoms with van der Waals surface area (Å²) in [5, 5.41) is 51.5. The lowest BCUT2D eigenvalue weighted by molar-refractivity contribution is -0.142. The molecule has 4 fully saturated rings. The van der Waals surface area contributed by atoms with Crippen LogP contribution in [0.15, 0.2) is 113 Å². The molecule has 0 aliphatic carbocycles. The zero-order valence-corrected chi connectivity index (χ0v) is 74.7. The number of fused-ring (bicyclic) bond motifs is 6. The van der Waals surface area contributed by atoms with Crippen molar-refractivity contribution >= 4 is 137 Å². The number of carbonyl (C=O) groups is 8. The Labute approximate surface area is 731 Å². The number of rotatable bonds is 8. The van der Waals surface area contributed by atoms with Gasteiger partial charge in [0.15, 0.2) is 56.3 Å². The van der Waals surface area contributed by atoms with Crippen LogP contribution in [0.3, 0.4) is 0 Å². The van der Waals surface area contributed by atoms with Crippen LogP contribution in [0.5, 0.6) is 11.8 Å². The summed E-state index contributed by atoms with van der Waals surface area (Å²) in [7, 11) is 0. The van der Waals surface area contributed by atoms with Crippen molar-refractivity contribution in [2.75, 3.05) is 26.2 Å². The molecular weight excluding hydrogens is 1690 g/mol. The molecule has 4 unspecified atom stereocenters. The van der Waals surface area contributed by atoms with Crippen molar-refractivity contribution in [1.82, 2.24) is 79.9 Å². The number of aliphatic hydroxyl groups excluding tert-OH is 2. The molecule has 0 radical (unpaired) electrons. The van der Waals surface area contributed by atoms with Crippen molar-refractivity contribution in [1.29, 1.82) is 0 Å². The van der Waals surface area contributed by atoms with Gasteiger partial charge >= 0.3 is 36.3 Å². The Morgan fingerprint density at radius 2 is 0.738 bits per heavy atom. The lowest BCUT2D eigenvalue weighted by atomic mass is 10.1. The number of aromatic nitrogens is 12. The first-order valence-electron chi connectivity index (χ1n) is 39.6. The Balaban J connectivity index is 0.000000167.